The largest absolute Gasteiger partial charge is 0.353 e. The predicted molar refractivity (Wildman–Crippen MR) is 112 cm³/mol. The molecule has 1 spiro atoms. The SMILES string of the molecule is CC(C)(C)C(=O)N1CCC2(CC1)OC[C@H](C(=O)NC1CC1)N2C(=O)c1ccccc1. The van der Waals surface area contributed by atoms with Crippen LogP contribution in [0.2, 0.25) is 0 Å². The lowest BCUT2D eigenvalue weighted by molar-refractivity contribution is -0.150. The van der Waals surface area contributed by atoms with Crippen molar-refractivity contribution in [2.24, 2.45) is 5.41 Å². The normalized spacial score (nSPS) is 23.5. The molecule has 2 saturated heterocycles. The lowest BCUT2D eigenvalue weighted by Crippen LogP contribution is -2.60. The van der Waals surface area contributed by atoms with Crippen LogP contribution in [-0.2, 0) is 14.3 Å². The molecule has 3 fully saturated rings. The van der Waals surface area contributed by atoms with Gasteiger partial charge in [-0.3, -0.25) is 19.3 Å². The summed E-state index contributed by atoms with van der Waals surface area (Å²) in [5, 5.41) is 3.02. The van der Waals surface area contributed by atoms with Gasteiger partial charge in [-0.05, 0) is 25.0 Å². The minimum Gasteiger partial charge on any atom is -0.353 e. The number of benzene rings is 1. The smallest absolute Gasteiger partial charge is 0.256 e. The molecule has 162 valence electrons. The maximum absolute atomic E-state index is 13.5. The Morgan fingerprint density at radius 1 is 1.07 bits per heavy atom. The number of rotatable bonds is 3. The topological polar surface area (TPSA) is 79.0 Å². The summed E-state index contributed by atoms with van der Waals surface area (Å²) in [5.41, 5.74) is -0.764. The van der Waals surface area contributed by atoms with Crippen LogP contribution in [0.3, 0.4) is 0 Å². The third kappa shape index (κ3) is 3.95. The molecule has 7 nitrogen and oxygen atoms in total. The van der Waals surface area contributed by atoms with Crippen molar-refractivity contribution in [3.05, 3.63) is 35.9 Å². The lowest BCUT2D eigenvalue weighted by Gasteiger charge is -2.45. The molecule has 7 heteroatoms. The Morgan fingerprint density at radius 2 is 1.70 bits per heavy atom. The van der Waals surface area contributed by atoms with Crippen LogP contribution in [0.15, 0.2) is 30.3 Å². The molecule has 0 aromatic heterocycles. The standard InChI is InChI=1S/C23H31N3O4/c1-22(2,3)21(29)25-13-11-23(12-14-25)26(20(28)16-7-5-4-6-8-16)18(15-30-23)19(27)24-17-9-10-17/h4-8,17-18H,9-15H2,1-3H3,(H,24,27)/t18-/m1/s1. The maximum Gasteiger partial charge on any atom is 0.256 e. The molecule has 3 aliphatic rings. The molecule has 1 N–H and O–H groups in total. The van der Waals surface area contributed by atoms with Crippen LogP contribution < -0.4 is 5.32 Å². The number of piperidine rings is 1. The number of hydrogen-bond acceptors (Lipinski definition) is 4. The van der Waals surface area contributed by atoms with Gasteiger partial charge in [-0.2, -0.15) is 0 Å². The highest BCUT2D eigenvalue weighted by Gasteiger charge is 2.54. The van der Waals surface area contributed by atoms with E-state index in [0.717, 1.165) is 12.8 Å². The average molecular weight is 414 g/mol. The Labute approximate surface area is 177 Å². The molecule has 1 atom stereocenters. The van der Waals surface area contributed by atoms with E-state index in [1.807, 2.05) is 43.9 Å². The van der Waals surface area contributed by atoms with Crippen LogP contribution in [0, 0.1) is 5.41 Å². The van der Waals surface area contributed by atoms with Gasteiger partial charge in [0.2, 0.25) is 11.8 Å². The van der Waals surface area contributed by atoms with Gasteiger partial charge in [0.05, 0.1) is 6.61 Å². The third-order valence-corrected chi connectivity index (χ3v) is 6.20. The molecule has 0 radical (unpaired) electrons. The Bertz CT molecular complexity index is 821. The van der Waals surface area contributed by atoms with Gasteiger partial charge in [0, 0.05) is 43.0 Å². The van der Waals surface area contributed by atoms with Gasteiger partial charge in [-0.1, -0.05) is 39.0 Å². The first-order valence-electron chi connectivity index (χ1n) is 10.8. The highest BCUT2D eigenvalue weighted by atomic mass is 16.5. The summed E-state index contributed by atoms with van der Waals surface area (Å²) in [6, 6.07) is 8.60. The van der Waals surface area contributed by atoms with Gasteiger partial charge >= 0.3 is 0 Å². The minimum absolute atomic E-state index is 0.0966. The molecular formula is C23H31N3O4. The molecule has 3 amide bonds. The first-order valence-corrected chi connectivity index (χ1v) is 10.8. The summed E-state index contributed by atoms with van der Waals surface area (Å²) < 4.78 is 6.19. The fourth-order valence-corrected chi connectivity index (χ4v) is 4.35. The third-order valence-electron chi connectivity index (χ3n) is 6.20. The van der Waals surface area contributed by atoms with Gasteiger partial charge < -0.3 is 15.0 Å². The van der Waals surface area contributed by atoms with E-state index in [1.54, 1.807) is 17.0 Å². The molecule has 0 unspecified atom stereocenters. The van der Waals surface area contributed by atoms with Crippen molar-refractivity contribution in [2.75, 3.05) is 19.7 Å². The highest BCUT2D eigenvalue weighted by Crippen LogP contribution is 2.39. The second-order valence-electron chi connectivity index (χ2n) is 9.64. The predicted octanol–water partition coefficient (Wildman–Crippen LogP) is 2.17. The Morgan fingerprint density at radius 3 is 2.27 bits per heavy atom. The van der Waals surface area contributed by atoms with Gasteiger partial charge in [0.25, 0.3) is 5.91 Å². The van der Waals surface area contributed by atoms with E-state index in [2.05, 4.69) is 5.32 Å². The van der Waals surface area contributed by atoms with Crippen LogP contribution in [0.25, 0.3) is 0 Å². The van der Waals surface area contributed by atoms with Crippen molar-refractivity contribution >= 4 is 17.7 Å². The zero-order chi connectivity index (χ0) is 21.5. The van der Waals surface area contributed by atoms with Crippen LogP contribution in [-0.4, -0.2) is 65.0 Å². The van der Waals surface area contributed by atoms with E-state index < -0.39 is 17.2 Å². The number of carbonyl (C=O) groups is 3. The van der Waals surface area contributed by atoms with Crippen molar-refractivity contribution in [3.63, 3.8) is 0 Å². The molecule has 0 bridgehead atoms. The Hall–Kier alpha value is -2.41. The van der Waals surface area contributed by atoms with E-state index in [1.165, 1.54) is 0 Å². The molecule has 1 saturated carbocycles. The van der Waals surface area contributed by atoms with Crippen LogP contribution in [0.1, 0.15) is 56.8 Å². The quantitative estimate of drug-likeness (QED) is 0.824. The van der Waals surface area contributed by atoms with Crippen molar-refractivity contribution < 1.29 is 19.1 Å². The van der Waals surface area contributed by atoms with Gasteiger partial charge in [0.1, 0.15) is 11.8 Å². The van der Waals surface area contributed by atoms with Crippen LogP contribution in [0.4, 0.5) is 0 Å². The molecule has 30 heavy (non-hydrogen) atoms. The van der Waals surface area contributed by atoms with E-state index >= 15 is 0 Å². The summed E-state index contributed by atoms with van der Waals surface area (Å²) in [4.78, 5) is 42.6. The second-order valence-corrected chi connectivity index (χ2v) is 9.64. The number of likely N-dealkylation sites (tertiary alicyclic amines) is 1. The zero-order valence-electron chi connectivity index (χ0n) is 18.0. The molecular weight excluding hydrogens is 382 g/mol. The molecule has 1 aliphatic carbocycles. The highest BCUT2D eigenvalue weighted by molar-refractivity contribution is 5.98. The number of nitrogens with zero attached hydrogens (tertiary/aromatic N) is 2. The van der Waals surface area contributed by atoms with Gasteiger partial charge in [-0.15, -0.1) is 0 Å². The Balaban J connectivity index is 1.57. The first-order chi connectivity index (χ1) is 14.2. The first kappa shape index (κ1) is 20.8. The summed E-state index contributed by atoms with van der Waals surface area (Å²) in [5.74, 6) is -0.245. The van der Waals surface area contributed by atoms with Crippen LogP contribution >= 0.6 is 0 Å². The number of nitrogens with one attached hydrogen (secondary N) is 1. The number of hydrogen-bond donors (Lipinski definition) is 1. The average Bonchev–Trinajstić information content (AvgIpc) is 3.47. The Kier molecular flexibility index (Phi) is 5.34. The molecule has 1 aromatic carbocycles. The minimum atomic E-state index is -0.854. The number of ether oxygens (including phenoxy) is 1. The molecule has 1 aromatic rings. The maximum atomic E-state index is 13.5. The van der Waals surface area contributed by atoms with Crippen molar-refractivity contribution in [2.45, 2.75) is 64.3 Å². The molecule has 2 aliphatic heterocycles. The fourth-order valence-electron chi connectivity index (χ4n) is 4.35. The van der Waals surface area contributed by atoms with E-state index in [9.17, 15) is 14.4 Å². The van der Waals surface area contributed by atoms with E-state index in [4.69, 9.17) is 4.74 Å². The van der Waals surface area contributed by atoms with Gasteiger partial charge in [-0.25, -0.2) is 0 Å². The number of amides is 3. The summed E-state index contributed by atoms with van der Waals surface area (Å²) in [7, 11) is 0. The second kappa shape index (κ2) is 7.69. The molecule has 2 heterocycles. The number of carbonyl (C=O) groups excluding carboxylic acids is 3. The lowest BCUT2D eigenvalue weighted by atomic mass is 9.91. The molecule has 4 rings (SSSR count). The van der Waals surface area contributed by atoms with Crippen molar-refractivity contribution in [3.8, 4) is 0 Å². The zero-order valence-corrected chi connectivity index (χ0v) is 18.0. The summed E-state index contributed by atoms with van der Waals surface area (Å²) >= 11 is 0. The van der Waals surface area contributed by atoms with Gasteiger partial charge in [0.15, 0.2) is 0 Å². The van der Waals surface area contributed by atoms with E-state index in [-0.39, 0.29) is 30.4 Å². The summed E-state index contributed by atoms with van der Waals surface area (Å²) in [6.45, 7) is 6.93. The van der Waals surface area contributed by atoms with Crippen molar-refractivity contribution in [1.29, 1.82) is 0 Å². The fraction of sp³-hybridized carbons (Fsp3) is 0.609. The van der Waals surface area contributed by atoms with Crippen LogP contribution in [0.5, 0.6) is 0 Å². The van der Waals surface area contributed by atoms with E-state index in [0.29, 0.717) is 31.5 Å². The monoisotopic (exact) mass is 413 g/mol. The summed E-state index contributed by atoms with van der Waals surface area (Å²) in [6.07, 6.45) is 2.98. The van der Waals surface area contributed by atoms with Crippen molar-refractivity contribution in [1.82, 2.24) is 15.1 Å².